The van der Waals surface area contributed by atoms with Crippen LogP contribution in [-0.4, -0.2) is 40.7 Å². The highest BCUT2D eigenvalue weighted by atomic mass is 127. The fourth-order valence-electron chi connectivity index (χ4n) is 4.28. The van der Waals surface area contributed by atoms with Crippen molar-refractivity contribution in [3.63, 3.8) is 0 Å². The standard InChI is InChI=1S/C26H25I2N3O4S/c1-5-30(6-2)25(34)21-14(3)29-26-31(22(21)16-9-7-8-10-19(16)35-4)24(33)20(36-26)13-15-11-17(27)23(32)18(28)12-15/h7-13,22,32H,5-6H2,1-4H3/b20-13+/t22-/m1/s1. The number of thiazole rings is 1. The molecule has 1 aromatic heterocycles. The van der Waals surface area contributed by atoms with Gasteiger partial charge in [-0.15, -0.1) is 0 Å². The molecule has 0 unspecified atom stereocenters. The summed E-state index contributed by atoms with van der Waals surface area (Å²) in [6.07, 6.45) is 1.80. The number of amides is 1. The van der Waals surface area contributed by atoms with Gasteiger partial charge < -0.3 is 14.7 Å². The molecule has 0 aliphatic carbocycles. The quantitative estimate of drug-likeness (QED) is 0.389. The Hall–Kier alpha value is -2.19. The first-order chi connectivity index (χ1) is 17.2. The molecule has 10 heteroatoms. The van der Waals surface area contributed by atoms with Gasteiger partial charge in [0.15, 0.2) is 4.80 Å². The maximum atomic E-state index is 13.9. The molecule has 1 amide bonds. The zero-order valence-corrected chi connectivity index (χ0v) is 25.3. The fourth-order valence-corrected chi connectivity index (χ4v) is 7.15. The number of hydrogen-bond donors (Lipinski definition) is 1. The molecule has 1 atom stereocenters. The SMILES string of the molecule is CCN(CC)C(=O)C1=C(C)N=c2s/c(=C/c3cc(I)c(O)c(I)c3)c(=O)n2[C@@H]1c1ccccc1OC. The summed E-state index contributed by atoms with van der Waals surface area (Å²) in [6, 6.07) is 10.4. The minimum Gasteiger partial charge on any atom is -0.506 e. The van der Waals surface area contributed by atoms with Crippen LogP contribution in [0.3, 0.4) is 0 Å². The van der Waals surface area contributed by atoms with Crippen LogP contribution in [0.15, 0.2) is 57.5 Å². The minimum atomic E-state index is -0.673. The monoisotopic (exact) mass is 729 g/mol. The second kappa shape index (κ2) is 11.1. The Morgan fingerprint density at radius 3 is 2.47 bits per heavy atom. The third-order valence-corrected chi connectivity index (χ3v) is 8.70. The molecule has 0 bridgehead atoms. The molecular formula is C26H25I2N3O4S. The van der Waals surface area contributed by atoms with Crippen LogP contribution < -0.4 is 19.6 Å². The second-order valence-corrected chi connectivity index (χ2v) is 11.5. The lowest BCUT2D eigenvalue weighted by Gasteiger charge is -2.29. The first-order valence-corrected chi connectivity index (χ1v) is 14.3. The lowest BCUT2D eigenvalue weighted by atomic mass is 9.94. The van der Waals surface area contributed by atoms with Gasteiger partial charge in [0.05, 0.1) is 30.1 Å². The highest BCUT2D eigenvalue weighted by Gasteiger charge is 2.35. The van der Waals surface area contributed by atoms with E-state index in [2.05, 4.69) is 45.2 Å². The van der Waals surface area contributed by atoms with Gasteiger partial charge in [0.2, 0.25) is 0 Å². The van der Waals surface area contributed by atoms with E-state index in [1.165, 1.54) is 11.3 Å². The molecule has 3 aromatic rings. The van der Waals surface area contributed by atoms with Gasteiger partial charge in [0.25, 0.3) is 11.5 Å². The minimum absolute atomic E-state index is 0.144. The summed E-state index contributed by atoms with van der Waals surface area (Å²) >= 11 is 5.43. The normalized spacial score (nSPS) is 15.5. The summed E-state index contributed by atoms with van der Waals surface area (Å²) in [7, 11) is 1.58. The zero-order chi connectivity index (χ0) is 26.1. The lowest BCUT2D eigenvalue weighted by molar-refractivity contribution is -0.127. The van der Waals surface area contributed by atoms with E-state index in [0.29, 0.717) is 46.6 Å². The number of rotatable bonds is 6. The molecule has 1 N–H and O–H groups in total. The van der Waals surface area contributed by atoms with Gasteiger partial charge in [-0.3, -0.25) is 14.2 Å². The van der Waals surface area contributed by atoms with Crippen LogP contribution in [0.25, 0.3) is 6.08 Å². The number of methoxy groups -OCH3 is 1. The third kappa shape index (κ3) is 4.86. The Kier molecular flexibility index (Phi) is 8.25. The fraction of sp³-hybridized carbons (Fsp3) is 0.269. The van der Waals surface area contributed by atoms with E-state index in [1.54, 1.807) is 22.7 Å². The summed E-state index contributed by atoms with van der Waals surface area (Å²) in [5, 5.41) is 10.1. The van der Waals surface area contributed by atoms with Crippen LogP contribution in [0.5, 0.6) is 11.5 Å². The molecule has 7 nitrogen and oxygen atoms in total. The number of phenols is 1. The van der Waals surface area contributed by atoms with Crippen molar-refractivity contribution < 1.29 is 14.6 Å². The molecule has 0 radical (unpaired) electrons. The second-order valence-electron chi connectivity index (χ2n) is 8.13. The number of fused-ring (bicyclic) bond motifs is 1. The molecule has 0 saturated heterocycles. The highest BCUT2D eigenvalue weighted by Crippen LogP contribution is 2.36. The molecule has 36 heavy (non-hydrogen) atoms. The van der Waals surface area contributed by atoms with E-state index < -0.39 is 6.04 Å². The van der Waals surface area contributed by atoms with Crippen molar-refractivity contribution >= 4 is 68.5 Å². The van der Waals surface area contributed by atoms with Crippen molar-refractivity contribution in [1.29, 1.82) is 0 Å². The van der Waals surface area contributed by atoms with Gasteiger partial charge in [-0.1, -0.05) is 29.5 Å². The molecule has 1 aliphatic rings. The van der Waals surface area contributed by atoms with Crippen molar-refractivity contribution in [1.82, 2.24) is 9.47 Å². The average Bonchev–Trinajstić information content (AvgIpc) is 3.16. The number of aromatic hydroxyl groups is 1. The molecule has 4 rings (SSSR count). The largest absolute Gasteiger partial charge is 0.506 e. The number of aromatic nitrogens is 1. The van der Waals surface area contributed by atoms with Crippen LogP contribution in [0.1, 0.15) is 37.9 Å². The maximum Gasteiger partial charge on any atom is 0.271 e. The number of carbonyl (C=O) groups excluding carboxylic acids is 1. The number of allylic oxidation sites excluding steroid dienone is 1. The van der Waals surface area contributed by atoms with E-state index in [9.17, 15) is 14.7 Å². The van der Waals surface area contributed by atoms with Crippen molar-refractivity contribution in [3.8, 4) is 11.5 Å². The smallest absolute Gasteiger partial charge is 0.271 e. The van der Waals surface area contributed by atoms with Gasteiger partial charge in [-0.2, -0.15) is 0 Å². The number of benzene rings is 2. The number of carbonyl (C=O) groups is 1. The summed E-state index contributed by atoms with van der Waals surface area (Å²) in [4.78, 5) is 34.5. The van der Waals surface area contributed by atoms with Crippen molar-refractivity contribution in [2.45, 2.75) is 26.8 Å². The molecule has 1 aliphatic heterocycles. The maximum absolute atomic E-state index is 13.9. The summed E-state index contributed by atoms with van der Waals surface area (Å²) in [6.45, 7) is 6.79. The molecule has 2 aromatic carbocycles. The summed E-state index contributed by atoms with van der Waals surface area (Å²) in [5.41, 5.74) is 2.35. The molecule has 188 valence electrons. The van der Waals surface area contributed by atoms with Crippen LogP contribution in [0.2, 0.25) is 0 Å². The third-order valence-electron chi connectivity index (χ3n) is 6.07. The lowest BCUT2D eigenvalue weighted by Crippen LogP contribution is -2.43. The number of likely N-dealkylation sites (N-methyl/N-ethyl adjacent to an activating group) is 1. The molecule has 0 spiro atoms. The van der Waals surface area contributed by atoms with Gasteiger partial charge in [0, 0.05) is 18.7 Å². The Morgan fingerprint density at radius 1 is 1.22 bits per heavy atom. The summed E-state index contributed by atoms with van der Waals surface area (Å²) in [5.74, 6) is 0.675. The van der Waals surface area contributed by atoms with Crippen LogP contribution >= 0.6 is 56.5 Å². The number of halogens is 2. The van der Waals surface area contributed by atoms with Gasteiger partial charge in [-0.25, -0.2) is 4.99 Å². The van der Waals surface area contributed by atoms with E-state index in [0.717, 1.165) is 11.1 Å². The Labute approximate surface area is 240 Å². The van der Waals surface area contributed by atoms with Gasteiger partial charge in [-0.05, 0) is 95.8 Å². The first-order valence-electron chi connectivity index (χ1n) is 11.3. The predicted octanol–water partition coefficient (Wildman–Crippen LogP) is 4.03. The average molecular weight is 729 g/mol. The Morgan fingerprint density at radius 2 is 1.86 bits per heavy atom. The Bertz CT molecular complexity index is 1530. The number of phenolic OH excluding ortho intramolecular Hbond substituents is 1. The number of nitrogens with zero attached hydrogens (tertiary/aromatic N) is 3. The molecule has 0 saturated carbocycles. The van der Waals surface area contributed by atoms with E-state index in [4.69, 9.17) is 9.73 Å². The Balaban J connectivity index is 2.00. The molecular weight excluding hydrogens is 704 g/mol. The number of ether oxygens (including phenoxy) is 1. The van der Waals surface area contributed by atoms with E-state index >= 15 is 0 Å². The van der Waals surface area contributed by atoms with Crippen molar-refractivity contribution in [2.75, 3.05) is 20.2 Å². The van der Waals surface area contributed by atoms with Crippen molar-refractivity contribution in [3.05, 3.63) is 85.6 Å². The van der Waals surface area contributed by atoms with Crippen LogP contribution in [0, 0.1) is 7.14 Å². The van der Waals surface area contributed by atoms with Crippen molar-refractivity contribution in [2.24, 2.45) is 4.99 Å². The number of hydrogen-bond acceptors (Lipinski definition) is 6. The van der Waals surface area contributed by atoms with E-state index in [1.807, 2.05) is 57.2 Å². The zero-order valence-electron chi connectivity index (χ0n) is 20.2. The summed E-state index contributed by atoms with van der Waals surface area (Å²) < 4.78 is 9.15. The van der Waals surface area contributed by atoms with Gasteiger partial charge >= 0.3 is 0 Å². The number of para-hydroxylation sites is 1. The van der Waals surface area contributed by atoms with Gasteiger partial charge in [0.1, 0.15) is 17.5 Å². The van der Waals surface area contributed by atoms with Crippen LogP contribution in [-0.2, 0) is 4.79 Å². The first kappa shape index (κ1) is 26.9. The highest BCUT2D eigenvalue weighted by molar-refractivity contribution is 14.1. The molecule has 0 fully saturated rings. The predicted molar refractivity (Wildman–Crippen MR) is 158 cm³/mol. The topological polar surface area (TPSA) is 84.1 Å². The van der Waals surface area contributed by atoms with E-state index in [-0.39, 0.29) is 17.2 Å². The molecule has 2 heterocycles. The van der Waals surface area contributed by atoms with Crippen LogP contribution in [0.4, 0.5) is 0 Å².